The lowest BCUT2D eigenvalue weighted by Gasteiger charge is -2.10. The summed E-state index contributed by atoms with van der Waals surface area (Å²) in [6.45, 7) is 0.182. The van der Waals surface area contributed by atoms with E-state index < -0.39 is 0 Å². The molecule has 0 aliphatic carbocycles. The van der Waals surface area contributed by atoms with Crippen molar-refractivity contribution in [3.05, 3.63) is 95.3 Å². The number of amides is 1. The lowest BCUT2D eigenvalue weighted by molar-refractivity contribution is -0.123. The number of aromatic nitrogens is 2. The number of hydrogen-bond acceptors (Lipinski definition) is 4. The van der Waals surface area contributed by atoms with Crippen LogP contribution in [0.2, 0.25) is 5.02 Å². The van der Waals surface area contributed by atoms with Gasteiger partial charge in [0.1, 0.15) is 11.6 Å². The number of carbonyl (C=O) groups is 2. The van der Waals surface area contributed by atoms with Gasteiger partial charge in [0.15, 0.2) is 12.4 Å². The van der Waals surface area contributed by atoms with Crippen LogP contribution in [0, 0.1) is 0 Å². The van der Waals surface area contributed by atoms with Gasteiger partial charge in [-0.2, -0.15) is 0 Å². The van der Waals surface area contributed by atoms with Crippen molar-refractivity contribution in [2.24, 2.45) is 0 Å². The van der Waals surface area contributed by atoms with Gasteiger partial charge < -0.3 is 14.6 Å². The summed E-state index contributed by atoms with van der Waals surface area (Å²) in [5, 5.41) is 3.41. The largest absolute Gasteiger partial charge is 0.484 e. The molecule has 1 N–H and O–H groups in total. The van der Waals surface area contributed by atoms with Gasteiger partial charge in [-0.3, -0.25) is 9.59 Å². The van der Waals surface area contributed by atoms with Crippen molar-refractivity contribution in [1.82, 2.24) is 14.9 Å². The lowest BCUT2D eigenvalue weighted by atomic mass is 10.1. The second-order valence-electron chi connectivity index (χ2n) is 6.91. The third kappa shape index (κ3) is 5.10. The maximum Gasteiger partial charge on any atom is 0.258 e. The zero-order chi connectivity index (χ0) is 21.6. The number of carbonyl (C=O) groups excluding carboxylic acids is 2. The highest BCUT2D eigenvalue weighted by molar-refractivity contribution is 6.30. The summed E-state index contributed by atoms with van der Waals surface area (Å²) in [5.74, 6) is 0.843. The van der Waals surface area contributed by atoms with Crippen molar-refractivity contribution in [3.8, 4) is 5.75 Å². The van der Waals surface area contributed by atoms with Crippen LogP contribution in [0.3, 0.4) is 0 Å². The molecule has 0 aliphatic rings. The molecule has 1 heterocycles. The molecule has 0 unspecified atom stereocenters. The highest BCUT2D eigenvalue weighted by Gasteiger charge is 2.15. The van der Waals surface area contributed by atoms with Gasteiger partial charge >= 0.3 is 0 Å². The van der Waals surface area contributed by atoms with E-state index in [1.54, 1.807) is 36.4 Å². The van der Waals surface area contributed by atoms with Crippen molar-refractivity contribution in [2.45, 2.75) is 13.1 Å². The van der Waals surface area contributed by atoms with Gasteiger partial charge in [0.2, 0.25) is 0 Å². The quantitative estimate of drug-likeness (QED) is 0.421. The Bertz CT molecular complexity index is 1200. The van der Waals surface area contributed by atoms with Gasteiger partial charge in [0.25, 0.3) is 5.91 Å². The maximum atomic E-state index is 12.8. The number of nitrogens with one attached hydrogen (secondary N) is 1. The summed E-state index contributed by atoms with van der Waals surface area (Å²) < 4.78 is 7.31. The molecular formula is C24H20ClN3O3. The van der Waals surface area contributed by atoms with Crippen LogP contribution in [-0.4, -0.2) is 27.8 Å². The van der Waals surface area contributed by atoms with Crippen molar-refractivity contribution >= 4 is 34.3 Å². The van der Waals surface area contributed by atoms with E-state index in [4.69, 9.17) is 16.3 Å². The average Bonchev–Trinajstić information content (AvgIpc) is 3.15. The molecule has 0 spiro atoms. The van der Waals surface area contributed by atoms with Gasteiger partial charge in [0, 0.05) is 10.6 Å². The Morgan fingerprint density at radius 2 is 1.65 bits per heavy atom. The first-order valence-corrected chi connectivity index (χ1v) is 10.2. The van der Waals surface area contributed by atoms with Crippen LogP contribution in [0.5, 0.6) is 5.75 Å². The van der Waals surface area contributed by atoms with E-state index in [2.05, 4.69) is 10.3 Å². The normalized spacial score (nSPS) is 10.7. The van der Waals surface area contributed by atoms with Crippen LogP contribution in [0.25, 0.3) is 11.0 Å². The van der Waals surface area contributed by atoms with Crippen LogP contribution in [0.4, 0.5) is 0 Å². The minimum absolute atomic E-state index is 0.0256. The topological polar surface area (TPSA) is 73.2 Å². The van der Waals surface area contributed by atoms with Gasteiger partial charge in [-0.1, -0.05) is 54.1 Å². The number of halogens is 1. The fraction of sp³-hybridized carbons (Fsp3) is 0.125. The van der Waals surface area contributed by atoms with Crippen LogP contribution in [0.15, 0.2) is 78.9 Å². The van der Waals surface area contributed by atoms with Gasteiger partial charge in [-0.15, -0.1) is 0 Å². The Hall–Kier alpha value is -3.64. The summed E-state index contributed by atoms with van der Waals surface area (Å²) in [6, 6.07) is 23.5. The lowest BCUT2D eigenvalue weighted by Crippen LogP contribution is -2.30. The molecule has 0 radical (unpaired) electrons. The number of imidazole rings is 1. The first kappa shape index (κ1) is 20.6. The number of fused-ring (bicyclic) bond motifs is 1. The third-order valence-corrected chi connectivity index (χ3v) is 5.01. The molecule has 156 valence electrons. The molecule has 0 atom stereocenters. The second-order valence-corrected chi connectivity index (χ2v) is 7.35. The first-order valence-electron chi connectivity index (χ1n) is 9.77. The molecule has 6 nitrogen and oxygen atoms in total. The number of rotatable bonds is 8. The number of ether oxygens (including phenoxy) is 1. The molecule has 0 aliphatic heterocycles. The molecule has 1 amide bonds. The number of ketones is 1. The minimum Gasteiger partial charge on any atom is -0.484 e. The van der Waals surface area contributed by atoms with Gasteiger partial charge in [0.05, 0.1) is 24.1 Å². The molecule has 0 saturated carbocycles. The summed E-state index contributed by atoms with van der Waals surface area (Å²) in [6.07, 6.45) is 0. The van der Waals surface area contributed by atoms with Gasteiger partial charge in [-0.25, -0.2) is 4.98 Å². The number of para-hydroxylation sites is 2. The molecule has 4 rings (SSSR count). The molecule has 7 heteroatoms. The molecule has 4 aromatic rings. The SMILES string of the molecule is O=C(COc1ccc(Cl)cc1)NCc1nc2ccccc2n1CC(=O)c1ccccc1. The molecule has 0 saturated heterocycles. The minimum atomic E-state index is -0.289. The van der Waals surface area contributed by atoms with Crippen LogP contribution in [0.1, 0.15) is 16.2 Å². The van der Waals surface area contributed by atoms with Crippen LogP contribution in [-0.2, 0) is 17.9 Å². The van der Waals surface area contributed by atoms with E-state index >= 15 is 0 Å². The second kappa shape index (κ2) is 9.45. The zero-order valence-electron chi connectivity index (χ0n) is 16.6. The molecule has 0 fully saturated rings. The maximum absolute atomic E-state index is 12.8. The van der Waals surface area contributed by atoms with Crippen molar-refractivity contribution < 1.29 is 14.3 Å². The first-order chi connectivity index (χ1) is 15.1. The molecular weight excluding hydrogens is 414 g/mol. The number of nitrogens with zero attached hydrogens (tertiary/aromatic N) is 2. The number of benzene rings is 3. The van der Waals surface area contributed by atoms with E-state index in [-0.39, 0.29) is 31.4 Å². The summed E-state index contributed by atoms with van der Waals surface area (Å²) in [7, 11) is 0. The van der Waals surface area contributed by atoms with Crippen molar-refractivity contribution in [2.75, 3.05) is 6.61 Å². The fourth-order valence-electron chi connectivity index (χ4n) is 3.20. The molecule has 3 aromatic carbocycles. The molecule has 0 bridgehead atoms. The average molecular weight is 434 g/mol. The molecule has 1 aromatic heterocycles. The monoisotopic (exact) mass is 433 g/mol. The predicted octanol–water partition coefficient (Wildman–Crippen LogP) is 4.27. The zero-order valence-corrected chi connectivity index (χ0v) is 17.4. The van der Waals surface area contributed by atoms with Gasteiger partial charge in [-0.05, 0) is 36.4 Å². The standard InChI is InChI=1S/C24H20ClN3O3/c25-18-10-12-19(13-11-18)31-16-24(30)26-14-23-27-20-8-4-5-9-21(20)28(23)15-22(29)17-6-2-1-3-7-17/h1-13H,14-16H2,(H,26,30). The van der Waals surface area contributed by atoms with E-state index in [9.17, 15) is 9.59 Å². The summed E-state index contributed by atoms with van der Waals surface area (Å²) in [4.78, 5) is 29.6. The Morgan fingerprint density at radius 3 is 2.42 bits per heavy atom. The molecule has 31 heavy (non-hydrogen) atoms. The van der Waals surface area contributed by atoms with Crippen LogP contribution >= 0.6 is 11.6 Å². The van der Waals surface area contributed by atoms with Crippen LogP contribution < -0.4 is 10.1 Å². The van der Waals surface area contributed by atoms with Crippen molar-refractivity contribution in [3.63, 3.8) is 0 Å². The summed E-state index contributed by atoms with van der Waals surface area (Å²) >= 11 is 5.85. The summed E-state index contributed by atoms with van der Waals surface area (Å²) in [5.41, 5.74) is 2.24. The highest BCUT2D eigenvalue weighted by Crippen LogP contribution is 2.18. The van der Waals surface area contributed by atoms with E-state index in [0.717, 1.165) is 11.0 Å². The Kier molecular flexibility index (Phi) is 6.29. The number of hydrogen-bond donors (Lipinski definition) is 1. The smallest absolute Gasteiger partial charge is 0.258 e. The number of Topliss-reactive ketones (excluding diaryl/α,β-unsaturated/α-hetero) is 1. The Morgan fingerprint density at radius 1 is 0.935 bits per heavy atom. The predicted molar refractivity (Wildman–Crippen MR) is 119 cm³/mol. The Labute approximate surface area is 184 Å². The highest BCUT2D eigenvalue weighted by atomic mass is 35.5. The van der Waals surface area contributed by atoms with E-state index in [0.29, 0.717) is 22.2 Å². The van der Waals surface area contributed by atoms with E-state index in [1.807, 2.05) is 47.0 Å². The van der Waals surface area contributed by atoms with Crippen molar-refractivity contribution in [1.29, 1.82) is 0 Å². The van der Waals surface area contributed by atoms with E-state index in [1.165, 1.54) is 0 Å². The third-order valence-electron chi connectivity index (χ3n) is 4.76. The fourth-order valence-corrected chi connectivity index (χ4v) is 3.33. The Balaban J connectivity index is 1.45.